The van der Waals surface area contributed by atoms with Gasteiger partial charge in [0.15, 0.2) is 0 Å². The third-order valence-electron chi connectivity index (χ3n) is 5.64. The van der Waals surface area contributed by atoms with Crippen LogP contribution in [-0.4, -0.2) is 63.2 Å². The Kier molecular flexibility index (Phi) is 6.68. The van der Waals surface area contributed by atoms with Crippen LogP contribution in [0.25, 0.3) is 0 Å². The number of halogens is 2. The van der Waals surface area contributed by atoms with Crippen molar-refractivity contribution in [2.24, 2.45) is 5.16 Å². The van der Waals surface area contributed by atoms with Crippen LogP contribution in [0.3, 0.4) is 0 Å². The molecule has 1 N–H and O–H groups in total. The fraction of sp³-hybridized carbons (Fsp3) is 0.429. The van der Waals surface area contributed by atoms with E-state index in [2.05, 4.69) is 26.4 Å². The average Bonchev–Trinajstić information content (AvgIpc) is 3.42. The van der Waals surface area contributed by atoms with Gasteiger partial charge < -0.3 is 15.1 Å². The van der Waals surface area contributed by atoms with Crippen LogP contribution in [0.4, 0.5) is 10.1 Å². The maximum Gasteiger partial charge on any atom is 0.239 e. The number of sulfonamides is 1. The highest BCUT2D eigenvalue weighted by Gasteiger charge is 2.32. The number of carbonyl (C=O) groups excluding carboxylic acids is 1. The first-order chi connectivity index (χ1) is 15.2. The second-order valence-corrected chi connectivity index (χ2v) is 10.9. The highest BCUT2D eigenvalue weighted by Crippen LogP contribution is 2.31. The molecule has 0 aromatic heterocycles. The first-order valence-electron chi connectivity index (χ1n) is 10.3. The number of benzene rings is 1. The summed E-state index contributed by atoms with van der Waals surface area (Å²) in [6.07, 6.45) is 3.97. The average molecular weight is 527 g/mol. The van der Waals surface area contributed by atoms with Crippen LogP contribution < -0.4 is 10.2 Å². The largest absolute Gasteiger partial charge is 0.390 e. The topological polar surface area (TPSA) is 91.3 Å². The zero-order chi connectivity index (χ0) is 22.9. The van der Waals surface area contributed by atoms with E-state index in [1.165, 1.54) is 17.3 Å². The molecule has 3 aliphatic rings. The van der Waals surface area contributed by atoms with Crippen molar-refractivity contribution in [2.45, 2.75) is 25.9 Å². The highest BCUT2D eigenvalue weighted by atomic mass is 79.9. The number of allylic oxidation sites excluding steroid dienone is 4. The summed E-state index contributed by atoms with van der Waals surface area (Å²) in [5, 5.41) is 6.71. The van der Waals surface area contributed by atoms with Gasteiger partial charge in [-0.1, -0.05) is 33.2 Å². The van der Waals surface area contributed by atoms with E-state index in [-0.39, 0.29) is 12.0 Å². The number of piperazine rings is 1. The standard InChI is InChI=1S/C21H24BrFN4O4S/c1-14(28)24-13-17-12-20(25-31-17)15-2-5-21(19(23)10-15)26-6-8-27(9-7-26)32(29,30)18-4-3-16(22)11-18/h2-5,10,17H,6-9,11-13H2,1H3,(H,24,28). The van der Waals surface area contributed by atoms with Gasteiger partial charge in [-0.15, -0.1) is 0 Å². The maximum absolute atomic E-state index is 14.9. The number of hydrogen-bond acceptors (Lipinski definition) is 6. The van der Waals surface area contributed by atoms with Crippen molar-refractivity contribution in [3.63, 3.8) is 0 Å². The summed E-state index contributed by atoms with van der Waals surface area (Å²) in [6, 6.07) is 4.91. The van der Waals surface area contributed by atoms with Crippen molar-refractivity contribution in [1.82, 2.24) is 9.62 Å². The van der Waals surface area contributed by atoms with Gasteiger partial charge in [-0.2, -0.15) is 4.31 Å². The van der Waals surface area contributed by atoms with Gasteiger partial charge in [0.05, 0.1) is 22.8 Å². The van der Waals surface area contributed by atoms with E-state index in [4.69, 9.17) is 4.84 Å². The molecule has 172 valence electrons. The highest BCUT2D eigenvalue weighted by molar-refractivity contribution is 9.11. The summed E-state index contributed by atoms with van der Waals surface area (Å²) in [4.78, 5) is 18.6. The second kappa shape index (κ2) is 9.32. The summed E-state index contributed by atoms with van der Waals surface area (Å²) < 4.78 is 42.8. The van der Waals surface area contributed by atoms with Gasteiger partial charge in [0.25, 0.3) is 0 Å². The molecule has 1 unspecified atom stereocenters. The summed E-state index contributed by atoms with van der Waals surface area (Å²) >= 11 is 3.33. The summed E-state index contributed by atoms with van der Waals surface area (Å²) in [5.41, 5.74) is 1.69. The van der Waals surface area contributed by atoms with Gasteiger partial charge >= 0.3 is 0 Å². The van der Waals surface area contributed by atoms with Gasteiger partial charge in [0, 0.05) is 56.0 Å². The minimum atomic E-state index is -3.51. The molecule has 1 fully saturated rings. The monoisotopic (exact) mass is 526 g/mol. The molecule has 4 rings (SSSR count). The Hall–Kier alpha value is -2.24. The second-order valence-electron chi connectivity index (χ2n) is 7.89. The Bertz CT molecular complexity index is 1110. The Morgan fingerprint density at radius 1 is 1.28 bits per heavy atom. The molecular formula is C21H24BrFN4O4S. The van der Waals surface area contributed by atoms with Crippen LogP contribution in [0.2, 0.25) is 0 Å². The minimum Gasteiger partial charge on any atom is -0.390 e. The number of oxime groups is 1. The van der Waals surface area contributed by atoms with Crippen LogP contribution in [0.15, 0.2) is 44.9 Å². The Balaban J connectivity index is 1.36. The Morgan fingerprint density at radius 2 is 2.03 bits per heavy atom. The first-order valence-corrected chi connectivity index (χ1v) is 12.5. The van der Waals surface area contributed by atoms with Crippen molar-refractivity contribution in [1.29, 1.82) is 0 Å². The third kappa shape index (κ3) is 4.89. The predicted octanol–water partition coefficient (Wildman–Crippen LogP) is 2.47. The number of amides is 1. The van der Waals surface area contributed by atoms with Crippen molar-refractivity contribution in [3.8, 4) is 0 Å². The van der Waals surface area contributed by atoms with Crippen molar-refractivity contribution < 1.29 is 22.4 Å². The molecule has 1 aromatic rings. The molecule has 1 atom stereocenters. The first kappa shape index (κ1) is 22.9. The van der Waals surface area contributed by atoms with E-state index in [1.54, 1.807) is 24.3 Å². The van der Waals surface area contributed by atoms with Gasteiger partial charge in [0.1, 0.15) is 11.9 Å². The molecule has 1 amide bonds. The lowest BCUT2D eigenvalue weighted by Crippen LogP contribution is -2.49. The fourth-order valence-corrected chi connectivity index (χ4v) is 6.06. The maximum atomic E-state index is 14.9. The SMILES string of the molecule is CC(=O)NCC1CC(c2ccc(N3CCN(S(=O)(=O)C4=CC=C(Br)C4)CC3)c(F)c2)=NO1. The molecule has 0 radical (unpaired) electrons. The van der Waals surface area contributed by atoms with E-state index < -0.39 is 15.8 Å². The van der Waals surface area contributed by atoms with Crippen molar-refractivity contribution in [2.75, 3.05) is 37.6 Å². The van der Waals surface area contributed by atoms with E-state index in [0.29, 0.717) is 67.4 Å². The lowest BCUT2D eigenvalue weighted by atomic mass is 10.0. The molecule has 1 saturated heterocycles. The molecule has 2 heterocycles. The molecular weight excluding hydrogens is 503 g/mol. The zero-order valence-corrected chi connectivity index (χ0v) is 20.0. The molecule has 0 saturated carbocycles. The molecule has 0 spiro atoms. The lowest BCUT2D eigenvalue weighted by Gasteiger charge is -2.35. The summed E-state index contributed by atoms with van der Waals surface area (Å²) in [7, 11) is -3.51. The minimum absolute atomic E-state index is 0.144. The summed E-state index contributed by atoms with van der Waals surface area (Å²) in [6.45, 7) is 3.18. The molecule has 0 bridgehead atoms. The van der Waals surface area contributed by atoms with Crippen LogP contribution in [-0.2, 0) is 19.7 Å². The lowest BCUT2D eigenvalue weighted by molar-refractivity contribution is -0.119. The van der Waals surface area contributed by atoms with Gasteiger partial charge in [-0.3, -0.25) is 4.79 Å². The van der Waals surface area contributed by atoms with Crippen LogP contribution in [0.1, 0.15) is 25.3 Å². The number of nitrogens with zero attached hydrogens (tertiary/aromatic N) is 3. The van der Waals surface area contributed by atoms with Crippen LogP contribution >= 0.6 is 15.9 Å². The third-order valence-corrected chi connectivity index (χ3v) is 8.17. The van der Waals surface area contributed by atoms with Gasteiger partial charge in [-0.05, 0) is 18.2 Å². The molecule has 8 nitrogen and oxygen atoms in total. The molecule has 1 aromatic carbocycles. The number of carbonyl (C=O) groups is 1. The van der Waals surface area contributed by atoms with Crippen LogP contribution in [0.5, 0.6) is 0 Å². The Morgan fingerprint density at radius 3 is 2.66 bits per heavy atom. The van der Waals surface area contributed by atoms with Gasteiger partial charge in [0.2, 0.25) is 15.9 Å². The number of hydrogen-bond donors (Lipinski definition) is 1. The quantitative estimate of drug-likeness (QED) is 0.614. The molecule has 11 heteroatoms. The fourth-order valence-electron chi connectivity index (χ4n) is 3.89. The number of nitrogens with one attached hydrogen (secondary N) is 1. The normalized spacial score (nSPS) is 21.7. The zero-order valence-electron chi connectivity index (χ0n) is 17.6. The van der Waals surface area contributed by atoms with Crippen molar-refractivity contribution in [3.05, 3.63) is 51.1 Å². The van der Waals surface area contributed by atoms with Crippen LogP contribution in [0, 0.1) is 5.82 Å². The molecule has 2 aliphatic heterocycles. The van der Waals surface area contributed by atoms with E-state index >= 15 is 0 Å². The Labute approximate surface area is 194 Å². The van der Waals surface area contributed by atoms with E-state index in [0.717, 1.165) is 4.48 Å². The molecule has 1 aliphatic carbocycles. The molecule has 32 heavy (non-hydrogen) atoms. The van der Waals surface area contributed by atoms with Gasteiger partial charge in [-0.25, -0.2) is 12.8 Å². The van der Waals surface area contributed by atoms with E-state index in [9.17, 15) is 17.6 Å². The van der Waals surface area contributed by atoms with Crippen molar-refractivity contribution >= 4 is 43.3 Å². The van der Waals surface area contributed by atoms with E-state index in [1.807, 2.05) is 4.90 Å². The number of rotatable bonds is 6. The number of anilines is 1. The smallest absolute Gasteiger partial charge is 0.239 e. The summed E-state index contributed by atoms with van der Waals surface area (Å²) in [5.74, 6) is -0.534. The predicted molar refractivity (Wildman–Crippen MR) is 124 cm³/mol.